The fourth-order valence-electron chi connectivity index (χ4n) is 7.04. The highest BCUT2D eigenvalue weighted by molar-refractivity contribution is 6.19. The average Bonchev–Trinajstić information content (AvgIpc) is 3.78. The lowest BCUT2D eigenvalue weighted by Gasteiger charge is -2.12. The molecule has 0 bridgehead atoms. The van der Waals surface area contributed by atoms with Crippen LogP contribution in [-0.4, -0.2) is 15.0 Å². The van der Waals surface area contributed by atoms with Crippen molar-refractivity contribution in [1.82, 2.24) is 15.0 Å². The first-order chi connectivity index (χ1) is 24.8. The predicted octanol–water partition coefficient (Wildman–Crippen LogP) is 12.0. The molecule has 6 aromatic carbocycles. The van der Waals surface area contributed by atoms with E-state index in [1.807, 2.05) is 67.0 Å². The zero-order valence-electron chi connectivity index (χ0n) is 26.7. The molecule has 0 unspecified atom stereocenters. The first kappa shape index (κ1) is 28.2. The second-order valence-corrected chi connectivity index (χ2v) is 12.4. The quantitative estimate of drug-likeness (QED) is 0.187. The molecule has 4 heterocycles. The van der Waals surface area contributed by atoms with E-state index in [4.69, 9.17) is 18.8 Å². The van der Waals surface area contributed by atoms with Crippen LogP contribution < -0.4 is 0 Å². The Morgan fingerprint density at radius 2 is 1.00 bits per heavy atom. The van der Waals surface area contributed by atoms with Gasteiger partial charge in [-0.15, -0.1) is 0 Å². The monoisotopic (exact) mass is 641 g/mol. The Labute approximate surface area is 287 Å². The SMILES string of the molecule is c1ccc(-c2cc(-c3ccc(-c4cccc5c4oc4ccccc45)c4c3oc3ccccc34)nc(-c3ccc(-c4ccncc4)cc3)n2)cc1. The summed E-state index contributed by atoms with van der Waals surface area (Å²) < 4.78 is 13.2. The minimum absolute atomic E-state index is 0.642. The number of furan rings is 2. The van der Waals surface area contributed by atoms with E-state index >= 15 is 0 Å². The lowest BCUT2D eigenvalue weighted by molar-refractivity contribution is 0.669. The van der Waals surface area contributed by atoms with Gasteiger partial charge >= 0.3 is 0 Å². The van der Waals surface area contributed by atoms with Crippen LogP contribution in [0.2, 0.25) is 0 Å². The van der Waals surface area contributed by atoms with Gasteiger partial charge in [-0.3, -0.25) is 4.98 Å². The number of para-hydroxylation sites is 3. The Balaban J connectivity index is 1.20. The molecule has 0 fully saturated rings. The minimum Gasteiger partial charge on any atom is -0.455 e. The normalized spacial score (nSPS) is 11.6. The number of rotatable bonds is 5. The standard InChI is InChI=1S/C45H27N3O2/c1-2-9-30(10-3-1)38-27-39(48-45(47-38)31-19-17-28(18-20-31)29-23-25-46-26-24-29)36-22-21-33(42-37-12-5-7-16-41(37)50-44(36)42)35-14-8-13-34-32-11-4-6-15-40(32)49-43(34)35/h1-27H. The minimum atomic E-state index is 0.642. The van der Waals surface area contributed by atoms with Gasteiger partial charge < -0.3 is 8.83 Å². The predicted molar refractivity (Wildman–Crippen MR) is 202 cm³/mol. The zero-order valence-corrected chi connectivity index (χ0v) is 26.7. The third-order valence-electron chi connectivity index (χ3n) is 9.45. The fourth-order valence-corrected chi connectivity index (χ4v) is 7.04. The molecular weight excluding hydrogens is 615 g/mol. The summed E-state index contributed by atoms with van der Waals surface area (Å²) in [5, 5.41) is 4.25. The van der Waals surface area contributed by atoms with Gasteiger partial charge in [0.1, 0.15) is 22.3 Å². The maximum Gasteiger partial charge on any atom is 0.160 e. The lowest BCUT2D eigenvalue weighted by atomic mass is 9.94. The van der Waals surface area contributed by atoms with Crippen molar-refractivity contribution in [3.05, 3.63) is 164 Å². The number of fused-ring (bicyclic) bond motifs is 6. The molecule has 5 heteroatoms. The van der Waals surface area contributed by atoms with E-state index in [2.05, 4.69) is 102 Å². The van der Waals surface area contributed by atoms with Crippen LogP contribution in [0.4, 0.5) is 0 Å². The van der Waals surface area contributed by atoms with Crippen molar-refractivity contribution < 1.29 is 8.83 Å². The summed E-state index contributed by atoms with van der Waals surface area (Å²) in [7, 11) is 0. The van der Waals surface area contributed by atoms with Gasteiger partial charge in [0.05, 0.1) is 11.4 Å². The summed E-state index contributed by atoms with van der Waals surface area (Å²) in [6.45, 7) is 0. The van der Waals surface area contributed by atoms with Crippen molar-refractivity contribution in [2.45, 2.75) is 0 Å². The van der Waals surface area contributed by atoms with E-state index in [-0.39, 0.29) is 0 Å². The second-order valence-electron chi connectivity index (χ2n) is 12.4. The van der Waals surface area contributed by atoms with Gasteiger partial charge in [0.2, 0.25) is 0 Å². The Bertz CT molecular complexity index is 2850. The highest BCUT2D eigenvalue weighted by Crippen LogP contribution is 2.45. The number of benzene rings is 6. The number of pyridine rings is 1. The first-order valence-corrected chi connectivity index (χ1v) is 16.6. The summed E-state index contributed by atoms with van der Waals surface area (Å²) >= 11 is 0. The smallest absolute Gasteiger partial charge is 0.160 e. The Hall–Kier alpha value is -6.85. The molecule has 0 aliphatic rings. The lowest BCUT2D eigenvalue weighted by Crippen LogP contribution is -1.96. The molecule has 50 heavy (non-hydrogen) atoms. The first-order valence-electron chi connectivity index (χ1n) is 16.6. The van der Waals surface area contributed by atoms with E-state index in [1.54, 1.807) is 0 Å². The van der Waals surface area contributed by atoms with Crippen LogP contribution in [0.25, 0.3) is 100 Å². The summed E-state index contributed by atoms with van der Waals surface area (Å²) in [6, 6.07) is 51.8. The van der Waals surface area contributed by atoms with Crippen molar-refractivity contribution in [3.63, 3.8) is 0 Å². The van der Waals surface area contributed by atoms with Gasteiger partial charge in [0, 0.05) is 56.2 Å². The van der Waals surface area contributed by atoms with Crippen LogP contribution in [0.15, 0.2) is 173 Å². The zero-order chi connectivity index (χ0) is 33.0. The van der Waals surface area contributed by atoms with Crippen LogP contribution in [0.5, 0.6) is 0 Å². The Kier molecular flexibility index (Phi) is 6.42. The Morgan fingerprint density at radius 1 is 0.380 bits per heavy atom. The molecule has 4 aromatic heterocycles. The van der Waals surface area contributed by atoms with Crippen molar-refractivity contribution in [3.8, 4) is 56.2 Å². The number of nitrogens with zero attached hydrogens (tertiary/aromatic N) is 3. The fraction of sp³-hybridized carbons (Fsp3) is 0. The summed E-state index contributed by atoms with van der Waals surface area (Å²) in [5.41, 5.74) is 12.1. The molecule has 0 atom stereocenters. The molecule has 0 saturated carbocycles. The molecule has 0 spiro atoms. The third-order valence-corrected chi connectivity index (χ3v) is 9.45. The summed E-state index contributed by atoms with van der Waals surface area (Å²) in [6.07, 6.45) is 3.62. The summed E-state index contributed by atoms with van der Waals surface area (Å²) in [5.74, 6) is 0.642. The molecule has 10 rings (SSSR count). The van der Waals surface area contributed by atoms with E-state index in [9.17, 15) is 0 Å². The van der Waals surface area contributed by atoms with Crippen LogP contribution in [0.1, 0.15) is 0 Å². The molecule has 0 radical (unpaired) electrons. The van der Waals surface area contributed by atoms with Crippen LogP contribution in [0.3, 0.4) is 0 Å². The molecule has 0 N–H and O–H groups in total. The Morgan fingerprint density at radius 3 is 1.82 bits per heavy atom. The van der Waals surface area contributed by atoms with Gasteiger partial charge in [-0.2, -0.15) is 0 Å². The second kappa shape index (κ2) is 11.4. The molecule has 234 valence electrons. The largest absolute Gasteiger partial charge is 0.455 e. The van der Waals surface area contributed by atoms with Gasteiger partial charge in [0.25, 0.3) is 0 Å². The number of aromatic nitrogens is 3. The van der Waals surface area contributed by atoms with Gasteiger partial charge in [0.15, 0.2) is 5.82 Å². The van der Waals surface area contributed by atoms with Crippen molar-refractivity contribution in [2.75, 3.05) is 0 Å². The van der Waals surface area contributed by atoms with Crippen LogP contribution in [0, 0.1) is 0 Å². The van der Waals surface area contributed by atoms with E-state index < -0.39 is 0 Å². The van der Waals surface area contributed by atoms with Gasteiger partial charge in [-0.05, 0) is 53.1 Å². The van der Waals surface area contributed by atoms with Crippen LogP contribution in [-0.2, 0) is 0 Å². The van der Waals surface area contributed by atoms with Gasteiger partial charge in [-0.1, -0.05) is 115 Å². The highest BCUT2D eigenvalue weighted by atomic mass is 16.3. The topological polar surface area (TPSA) is 65.0 Å². The average molecular weight is 642 g/mol. The molecule has 0 aliphatic heterocycles. The van der Waals surface area contributed by atoms with Crippen molar-refractivity contribution in [2.24, 2.45) is 0 Å². The van der Waals surface area contributed by atoms with E-state index in [0.29, 0.717) is 5.82 Å². The van der Waals surface area contributed by atoms with Crippen LogP contribution >= 0.6 is 0 Å². The van der Waals surface area contributed by atoms with E-state index in [0.717, 1.165) is 94.2 Å². The molecule has 0 aliphatic carbocycles. The molecule has 0 amide bonds. The molecule has 5 nitrogen and oxygen atoms in total. The molecule has 0 saturated heterocycles. The van der Waals surface area contributed by atoms with Gasteiger partial charge in [-0.25, -0.2) is 9.97 Å². The molecular formula is C45H27N3O2. The number of hydrogen-bond acceptors (Lipinski definition) is 5. The van der Waals surface area contributed by atoms with E-state index in [1.165, 1.54) is 0 Å². The molecule has 10 aromatic rings. The number of hydrogen-bond donors (Lipinski definition) is 0. The van der Waals surface area contributed by atoms with Crippen molar-refractivity contribution >= 4 is 43.9 Å². The summed E-state index contributed by atoms with van der Waals surface area (Å²) in [4.78, 5) is 14.4. The maximum absolute atomic E-state index is 6.73. The highest BCUT2D eigenvalue weighted by Gasteiger charge is 2.22. The van der Waals surface area contributed by atoms with Crippen molar-refractivity contribution in [1.29, 1.82) is 0 Å². The maximum atomic E-state index is 6.73. The third kappa shape index (κ3) is 4.60.